The Morgan fingerprint density at radius 3 is 2.36 bits per heavy atom. The molecule has 2 aromatic rings. The van der Waals surface area contributed by atoms with Crippen LogP contribution < -0.4 is 4.46 Å². The topological polar surface area (TPSA) is 18.5 Å². The normalized spacial score (nSPS) is 11.8. The molecule has 0 amide bonds. The zero-order chi connectivity index (χ0) is 15.5. The van der Waals surface area contributed by atoms with Crippen molar-refractivity contribution >= 4 is 19.4 Å². The van der Waals surface area contributed by atoms with Crippen LogP contribution in [0.25, 0.3) is 0 Å². The summed E-state index contributed by atoms with van der Waals surface area (Å²) in [6, 6.07) is 20.6. The number of hydrogen-bond acceptors (Lipinski definition) is 2. The maximum absolute atomic E-state index is 5.78. The molecule has 0 radical (unpaired) electrons. The second kappa shape index (κ2) is 10.2. The van der Waals surface area contributed by atoms with Gasteiger partial charge in [-0.1, -0.05) is 0 Å². The van der Waals surface area contributed by atoms with Crippen molar-refractivity contribution in [3.05, 3.63) is 66.2 Å². The quantitative estimate of drug-likeness (QED) is 0.506. The summed E-state index contributed by atoms with van der Waals surface area (Å²) < 4.78 is 12.9. The summed E-state index contributed by atoms with van der Waals surface area (Å²) in [5, 5.41) is 0.966. The van der Waals surface area contributed by atoms with E-state index in [0.29, 0.717) is 34.8 Å². The summed E-state index contributed by atoms with van der Waals surface area (Å²) in [5.41, 5.74) is 1.17. The average molecular weight is 359 g/mol. The number of terminal acetylenes is 1. The van der Waals surface area contributed by atoms with Crippen molar-refractivity contribution in [1.29, 1.82) is 0 Å². The monoisotopic (exact) mass is 360 g/mol. The van der Waals surface area contributed by atoms with Crippen LogP contribution >= 0.6 is 0 Å². The molecule has 2 nitrogen and oxygen atoms in total. The van der Waals surface area contributed by atoms with Gasteiger partial charge in [0.25, 0.3) is 0 Å². The summed E-state index contributed by atoms with van der Waals surface area (Å²) in [4.78, 5) is 0. The van der Waals surface area contributed by atoms with Gasteiger partial charge in [-0.3, -0.25) is 0 Å². The van der Waals surface area contributed by atoms with Crippen LogP contribution in [0.2, 0.25) is 5.32 Å². The minimum absolute atomic E-state index is 0.0555. The second-order valence-corrected chi connectivity index (χ2v) is 7.06. The van der Waals surface area contributed by atoms with Crippen molar-refractivity contribution in [2.75, 3.05) is 13.2 Å². The van der Waals surface area contributed by atoms with Gasteiger partial charge in [0, 0.05) is 0 Å². The molecular formula is C19H20O2Se. The van der Waals surface area contributed by atoms with E-state index in [1.165, 1.54) is 10.0 Å². The van der Waals surface area contributed by atoms with Crippen LogP contribution in [0.15, 0.2) is 60.7 Å². The summed E-state index contributed by atoms with van der Waals surface area (Å²) in [6.07, 6.45) is 5.35. The molecule has 0 aromatic heterocycles. The first kappa shape index (κ1) is 16.8. The molecule has 0 aliphatic carbocycles. The van der Waals surface area contributed by atoms with Crippen molar-refractivity contribution in [3.63, 3.8) is 0 Å². The molecule has 114 valence electrons. The van der Waals surface area contributed by atoms with E-state index in [1.807, 2.05) is 24.3 Å². The third-order valence-electron chi connectivity index (χ3n) is 3.00. The van der Waals surface area contributed by atoms with Gasteiger partial charge in [-0.2, -0.15) is 0 Å². The molecule has 0 N–H and O–H groups in total. The SMILES string of the molecule is C#CCOC(COCc1ccccc1)C[Se]c1ccccc1. The van der Waals surface area contributed by atoms with Gasteiger partial charge in [0.05, 0.1) is 0 Å². The van der Waals surface area contributed by atoms with Crippen molar-refractivity contribution < 1.29 is 9.47 Å². The molecule has 0 aliphatic rings. The summed E-state index contributed by atoms with van der Waals surface area (Å²) in [6.45, 7) is 1.52. The van der Waals surface area contributed by atoms with Crippen molar-refractivity contribution in [2.24, 2.45) is 0 Å². The molecule has 2 aromatic carbocycles. The van der Waals surface area contributed by atoms with Gasteiger partial charge in [-0.25, -0.2) is 0 Å². The molecule has 2 rings (SSSR count). The molecule has 22 heavy (non-hydrogen) atoms. The Morgan fingerprint density at radius 1 is 1.00 bits per heavy atom. The van der Waals surface area contributed by atoms with E-state index in [1.54, 1.807) is 0 Å². The Bertz CT molecular complexity index is 563. The first-order valence-corrected chi connectivity index (χ1v) is 9.30. The van der Waals surface area contributed by atoms with E-state index in [9.17, 15) is 0 Å². The van der Waals surface area contributed by atoms with E-state index in [0.717, 1.165) is 5.32 Å². The van der Waals surface area contributed by atoms with Crippen LogP contribution in [0.3, 0.4) is 0 Å². The molecule has 1 atom stereocenters. The van der Waals surface area contributed by atoms with Gasteiger partial charge in [0.1, 0.15) is 0 Å². The number of rotatable bonds is 9. The Hall–Kier alpha value is -1.56. The molecule has 3 heteroatoms. The van der Waals surface area contributed by atoms with Crippen LogP contribution in [0, 0.1) is 12.3 Å². The average Bonchev–Trinajstić information content (AvgIpc) is 2.58. The third kappa shape index (κ3) is 6.47. The van der Waals surface area contributed by atoms with Gasteiger partial charge in [0.15, 0.2) is 0 Å². The molecule has 0 saturated carbocycles. The fourth-order valence-corrected chi connectivity index (χ4v) is 3.83. The predicted octanol–water partition coefficient (Wildman–Crippen LogP) is 2.67. The Labute approximate surface area is 139 Å². The summed E-state index contributed by atoms with van der Waals surface area (Å²) in [7, 11) is 0. The van der Waals surface area contributed by atoms with Crippen LogP contribution in [-0.2, 0) is 16.1 Å². The fourth-order valence-electron chi connectivity index (χ4n) is 1.90. The fraction of sp³-hybridized carbons (Fsp3) is 0.263. The second-order valence-electron chi connectivity index (χ2n) is 4.76. The van der Waals surface area contributed by atoms with E-state index in [-0.39, 0.29) is 6.10 Å². The molecule has 1 unspecified atom stereocenters. The number of benzene rings is 2. The molecule has 0 bridgehead atoms. The van der Waals surface area contributed by atoms with Gasteiger partial charge >= 0.3 is 139 Å². The minimum atomic E-state index is 0.0555. The maximum atomic E-state index is 5.78. The number of hydrogen-bond donors (Lipinski definition) is 0. The summed E-state index contributed by atoms with van der Waals surface area (Å²) >= 11 is 0.372. The Balaban J connectivity index is 1.77. The van der Waals surface area contributed by atoms with Crippen LogP contribution in [0.4, 0.5) is 0 Å². The molecule has 0 fully saturated rings. The van der Waals surface area contributed by atoms with Crippen molar-refractivity contribution in [1.82, 2.24) is 0 Å². The third-order valence-corrected chi connectivity index (χ3v) is 5.40. The van der Waals surface area contributed by atoms with Crippen molar-refractivity contribution in [3.8, 4) is 12.3 Å². The van der Waals surface area contributed by atoms with E-state index in [2.05, 4.69) is 42.3 Å². The van der Waals surface area contributed by atoms with Crippen molar-refractivity contribution in [2.45, 2.75) is 18.0 Å². The summed E-state index contributed by atoms with van der Waals surface area (Å²) in [5.74, 6) is 2.53. The molecule has 0 heterocycles. The van der Waals surface area contributed by atoms with Gasteiger partial charge < -0.3 is 0 Å². The molecule has 0 aliphatic heterocycles. The predicted molar refractivity (Wildman–Crippen MR) is 91.3 cm³/mol. The van der Waals surface area contributed by atoms with E-state index >= 15 is 0 Å². The van der Waals surface area contributed by atoms with E-state index in [4.69, 9.17) is 15.9 Å². The van der Waals surface area contributed by atoms with Gasteiger partial charge in [0.2, 0.25) is 0 Å². The first-order chi connectivity index (χ1) is 10.9. The molecule has 0 spiro atoms. The van der Waals surface area contributed by atoms with Gasteiger partial charge in [-0.15, -0.1) is 0 Å². The van der Waals surface area contributed by atoms with Crippen LogP contribution in [-0.4, -0.2) is 34.3 Å². The van der Waals surface area contributed by atoms with E-state index < -0.39 is 0 Å². The zero-order valence-electron chi connectivity index (χ0n) is 12.5. The standard InChI is InChI=1S/C19H20O2Se/c1-2-13-21-18(16-22-19-11-7-4-8-12-19)15-20-14-17-9-5-3-6-10-17/h1,3-12,18H,13-16H2. The Kier molecular flexibility index (Phi) is 7.80. The Morgan fingerprint density at radius 2 is 1.68 bits per heavy atom. The zero-order valence-corrected chi connectivity index (χ0v) is 14.2. The first-order valence-electron chi connectivity index (χ1n) is 7.23. The molecule has 0 saturated heterocycles. The van der Waals surface area contributed by atoms with Gasteiger partial charge in [-0.05, 0) is 0 Å². The number of ether oxygens (including phenoxy) is 2. The molecular weight excluding hydrogens is 339 g/mol. The van der Waals surface area contributed by atoms with Crippen LogP contribution in [0.5, 0.6) is 0 Å². The van der Waals surface area contributed by atoms with Crippen LogP contribution in [0.1, 0.15) is 5.56 Å².